The Kier molecular flexibility index (Phi) is 6.31. The van der Waals surface area contributed by atoms with Gasteiger partial charge in [-0.15, -0.1) is 0 Å². The van der Waals surface area contributed by atoms with Crippen LogP contribution in [0, 0.1) is 0 Å². The number of para-hydroxylation sites is 1. The average molecular weight is 441 g/mol. The number of hydrogen-bond donors (Lipinski definition) is 0. The molecule has 33 heavy (non-hydrogen) atoms. The Hall–Kier alpha value is -4.26. The SMILES string of the molecule is C[C@@H](c1ccccc1)n1c(=O)c(C(=O)N(C)Cc2ccccc2)nn(-c2ccccc2)c1=O. The van der Waals surface area contributed by atoms with Gasteiger partial charge in [-0.05, 0) is 30.2 Å². The summed E-state index contributed by atoms with van der Waals surface area (Å²) in [7, 11) is 1.61. The van der Waals surface area contributed by atoms with E-state index in [1.807, 2.05) is 66.7 Å². The Morgan fingerprint density at radius 3 is 2.03 bits per heavy atom. The van der Waals surface area contributed by atoms with E-state index in [9.17, 15) is 14.4 Å². The zero-order chi connectivity index (χ0) is 23.4. The Balaban J connectivity index is 1.85. The molecule has 166 valence electrons. The summed E-state index contributed by atoms with van der Waals surface area (Å²) in [6.07, 6.45) is 0. The molecule has 0 unspecified atom stereocenters. The van der Waals surface area contributed by atoms with Crippen LogP contribution in [0.5, 0.6) is 0 Å². The first kappa shape index (κ1) is 22.0. The molecule has 7 heteroatoms. The molecule has 4 rings (SSSR count). The van der Waals surface area contributed by atoms with Crippen molar-refractivity contribution in [3.8, 4) is 5.69 Å². The highest BCUT2D eigenvalue weighted by atomic mass is 16.2. The van der Waals surface area contributed by atoms with E-state index in [0.717, 1.165) is 20.4 Å². The molecule has 1 aromatic heterocycles. The van der Waals surface area contributed by atoms with Crippen LogP contribution in [0.3, 0.4) is 0 Å². The minimum Gasteiger partial charge on any atom is -0.336 e. The van der Waals surface area contributed by atoms with E-state index < -0.39 is 23.2 Å². The fourth-order valence-corrected chi connectivity index (χ4v) is 3.69. The Bertz CT molecular complexity index is 1360. The number of rotatable bonds is 6. The summed E-state index contributed by atoms with van der Waals surface area (Å²) >= 11 is 0. The minimum absolute atomic E-state index is 0.305. The third kappa shape index (κ3) is 4.52. The van der Waals surface area contributed by atoms with Crippen molar-refractivity contribution in [2.75, 3.05) is 7.05 Å². The van der Waals surface area contributed by atoms with Crippen molar-refractivity contribution in [2.24, 2.45) is 0 Å². The van der Waals surface area contributed by atoms with E-state index in [2.05, 4.69) is 5.10 Å². The Morgan fingerprint density at radius 2 is 1.42 bits per heavy atom. The topological polar surface area (TPSA) is 77.2 Å². The normalized spacial score (nSPS) is 11.7. The highest BCUT2D eigenvalue weighted by Crippen LogP contribution is 2.15. The lowest BCUT2D eigenvalue weighted by Crippen LogP contribution is -2.47. The second-order valence-electron chi connectivity index (χ2n) is 7.79. The predicted molar refractivity (Wildman–Crippen MR) is 127 cm³/mol. The van der Waals surface area contributed by atoms with E-state index in [1.54, 1.807) is 38.2 Å². The molecule has 1 atom stereocenters. The van der Waals surface area contributed by atoms with E-state index in [0.29, 0.717) is 12.2 Å². The zero-order valence-corrected chi connectivity index (χ0v) is 18.5. The van der Waals surface area contributed by atoms with Crippen LogP contribution < -0.4 is 11.2 Å². The van der Waals surface area contributed by atoms with Crippen LogP contribution in [0.2, 0.25) is 0 Å². The molecule has 4 aromatic rings. The summed E-state index contributed by atoms with van der Waals surface area (Å²) in [5.74, 6) is -0.553. The van der Waals surface area contributed by atoms with Crippen LogP contribution >= 0.6 is 0 Å². The third-order valence-electron chi connectivity index (χ3n) is 5.49. The standard InChI is InChI=1S/C26H24N4O3/c1-19(21-14-8-4-9-15-21)29-25(32)23(24(31)28(2)18-20-12-6-3-7-13-20)27-30(26(29)33)22-16-10-5-11-17-22/h3-17,19H,18H2,1-2H3/t19-/m0/s1. The molecule has 0 N–H and O–H groups in total. The van der Waals surface area contributed by atoms with Gasteiger partial charge in [0, 0.05) is 13.6 Å². The molecule has 0 aliphatic carbocycles. The summed E-state index contributed by atoms with van der Waals surface area (Å²) in [5.41, 5.74) is 0.537. The van der Waals surface area contributed by atoms with Crippen molar-refractivity contribution in [2.45, 2.75) is 19.5 Å². The molecular formula is C26H24N4O3. The van der Waals surface area contributed by atoms with Crippen LogP contribution in [-0.4, -0.2) is 32.2 Å². The van der Waals surface area contributed by atoms with E-state index in [-0.39, 0.29) is 5.69 Å². The monoisotopic (exact) mass is 440 g/mol. The van der Waals surface area contributed by atoms with Gasteiger partial charge in [0.05, 0.1) is 11.7 Å². The molecule has 0 radical (unpaired) electrons. The smallest absolute Gasteiger partial charge is 0.336 e. The number of hydrogen-bond acceptors (Lipinski definition) is 4. The first-order valence-corrected chi connectivity index (χ1v) is 10.6. The van der Waals surface area contributed by atoms with Crippen molar-refractivity contribution in [3.05, 3.63) is 129 Å². The number of nitrogens with zero attached hydrogens (tertiary/aromatic N) is 4. The molecule has 0 saturated carbocycles. The maximum Gasteiger partial charge on any atom is 0.352 e. The van der Waals surface area contributed by atoms with Gasteiger partial charge in [-0.3, -0.25) is 9.59 Å². The first-order chi connectivity index (χ1) is 16.0. The van der Waals surface area contributed by atoms with Gasteiger partial charge < -0.3 is 4.90 Å². The molecule has 0 saturated heterocycles. The average Bonchev–Trinajstić information content (AvgIpc) is 2.85. The van der Waals surface area contributed by atoms with Crippen LogP contribution in [0.1, 0.15) is 34.6 Å². The lowest BCUT2D eigenvalue weighted by molar-refractivity contribution is 0.0773. The quantitative estimate of drug-likeness (QED) is 0.461. The summed E-state index contributed by atoms with van der Waals surface area (Å²) in [6, 6.07) is 26.9. The van der Waals surface area contributed by atoms with Crippen LogP contribution in [0.15, 0.2) is 101 Å². The number of amides is 1. The van der Waals surface area contributed by atoms with Crippen molar-refractivity contribution in [1.29, 1.82) is 0 Å². The summed E-state index contributed by atoms with van der Waals surface area (Å²) in [6.45, 7) is 2.06. The van der Waals surface area contributed by atoms with Gasteiger partial charge in [0.25, 0.3) is 11.5 Å². The highest BCUT2D eigenvalue weighted by molar-refractivity contribution is 5.91. The van der Waals surface area contributed by atoms with Crippen LogP contribution in [-0.2, 0) is 6.54 Å². The van der Waals surface area contributed by atoms with Gasteiger partial charge in [-0.25, -0.2) is 9.36 Å². The first-order valence-electron chi connectivity index (χ1n) is 10.6. The third-order valence-corrected chi connectivity index (χ3v) is 5.49. The van der Waals surface area contributed by atoms with E-state index in [4.69, 9.17) is 0 Å². The fourth-order valence-electron chi connectivity index (χ4n) is 3.69. The predicted octanol–water partition coefficient (Wildman–Crippen LogP) is 3.28. The number of carbonyl (C=O) groups excluding carboxylic acids is 1. The summed E-state index contributed by atoms with van der Waals surface area (Å²) in [4.78, 5) is 41.5. The van der Waals surface area contributed by atoms with Gasteiger partial charge in [-0.1, -0.05) is 78.9 Å². The molecule has 0 aliphatic heterocycles. The van der Waals surface area contributed by atoms with Crippen molar-refractivity contribution < 1.29 is 4.79 Å². The molecule has 1 amide bonds. The van der Waals surface area contributed by atoms with E-state index in [1.165, 1.54) is 4.90 Å². The molecule has 0 bridgehead atoms. The number of benzene rings is 3. The maximum absolute atomic E-state index is 13.4. The molecular weight excluding hydrogens is 416 g/mol. The van der Waals surface area contributed by atoms with E-state index >= 15 is 0 Å². The minimum atomic E-state index is -0.714. The molecule has 7 nitrogen and oxygen atoms in total. The van der Waals surface area contributed by atoms with Crippen LogP contribution in [0.4, 0.5) is 0 Å². The van der Waals surface area contributed by atoms with Gasteiger partial charge in [0.15, 0.2) is 0 Å². The maximum atomic E-state index is 13.4. The Morgan fingerprint density at radius 1 is 0.879 bits per heavy atom. The van der Waals surface area contributed by atoms with Crippen molar-refractivity contribution in [1.82, 2.24) is 19.2 Å². The second-order valence-corrected chi connectivity index (χ2v) is 7.79. The molecule has 0 fully saturated rings. The van der Waals surface area contributed by atoms with Gasteiger partial charge in [0.1, 0.15) is 0 Å². The number of carbonyl (C=O) groups is 1. The largest absolute Gasteiger partial charge is 0.352 e. The van der Waals surface area contributed by atoms with Gasteiger partial charge >= 0.3 is 5.69 Å². The highest BCUT2D eigenvalue weighted by Gasteiger charge is 2.25. The number of aromatic nitrogens is 3. The van der Waals surface area contributed by atoms with Gasteiger partial charge in [-0.2, -0.15) is 9.78 Å². The van der Waals surface area contributed by atoms with Crippen molar-refractivity contribution >= 4 is 5.91 Å². The lowest BCUT2D eigenvalue weighted by atomic mass is 10.1. The molecule has 0 spiro atoms. The van der Waals surface area contributed by atoms with Crippen molar-refractivity contribution in [3.63, 3.8) is 0 Å². The molecule has 3 aromatic carbocycles. The summed E-state index contributed by atoms with van der Waals surface area (Å²) < 4.78 is 2.21. The molecule has 0 aliphatic rings. The Labute approximate surface area is 191 Å². The lowest BCUT2D eigenvalue weighted by Gasteiger charge is -2.20. The van der Waals surface area contributed by atoms with Gasteiger partial charge in [0.2, 0.25) is 5.69 Å². The summed E-state index contributed by atoms with van der Waals surface area (Å²) in [5, 5.41) is 4.22. The second kappa shape index (κ2) is 9.48. The fraction of sp³-hybridized carbons (Fsp3) is 0.154. The molecule has 1 heterocycles. The zero-order valence-electron chi connectivity index (χ0n) is 18.5. The van der Waals surface area contributed by atoms with Crippen LogP contribution in [0.25, 0.3) is 5.69 Å².